The Bertz CT molecular complexity index is 670. The fraction of sp³-hybridized carbons (Fsp3) is 0.385. The van der Waals surface area contributed by atoms with E-state index in [9.17, 15) is 8.42 Å². The number of aromatic nitrogens is 3. The average Bonchev–Trinajstić information content (AvgIpc) is 2.91. The molecule has 0 spiro atoms. The van der Waals surface area contributed by atoms with Crippen LogP contribution in [0.15, 0.2) is 41.7 Å². The minimum Gasteiger partial charge on any atom is -0.369 e. The molecular weight excluding hydrogens is 290 g/mol. The summed E-state index contributed by atoms with van der Waals surface area (Å²) in [6, 6.07) is 4.65. The normalized spacial score (nSPS) is 13.0. The predicted octanol–water partition coefficient (Wildman–Crippen LogP) is 1.08. The minimum absolute atomic E-state index is 0.152. The SMILES string of the molecule is CCNc1ncccc1S(=O)(=O)NC(C)Cn1cccn1. The van der Waals surface area contributed by atoms with Crippen molar-refractivity contribution >= 4 is 15.8 Å². The van der Waals surface area contributed by atoms with Crippen molar-refractivity contribution in [1.82, 2.24) is 19.5 Å². The Kier molecular flexibility index (Phi) is 4.92. The van der Waals surface area contributed by atoms with Crippen LogP contribution in [0, 0.1) is 0 Å². The van der Waals surface area contributed by atoms with Gasteiger partial charge in [0.15, 0.2) is 0 Å². The number of hydrogen-bond acceptors (Lipinski definition) is 5. The Labute approximate surface area is 124 Å². The molecule has 0 fully saturated rings. The fourth-order valence-corrected chi connectivity index (χ4v) is 3.33. The molecule has 1 atom stereocenters. The molecule has 0 aliphatic heterocycles. The van der Waals surface area contributed by atoms with Crippen LogP contribution >= 0.6 is 0 Å². The fourth-order valence-electron chi connectivity index (χ4n) is 1.96. The molecule has 8 heteroatoms. The maximum Gasteiger partial charge on any atom is 0.244 e. The van der Waals surface area contributed by atoms with E-state index in [1.54, 1.807) is 42.3 Å². The van der Waals surface area contributed by atoms with E-state index in [-0.39, 0.29) is 10.9 Å². The molecule has 114 valence electrons. The van der Waals surface area contributed by atoms with Crippen molar-refractivity contribution in [2.75, 3.05) is 11.9 Å². The van der Waals surface area contributed by atoms with Gasteiger partial charge in [0.1, 0.15) is 10.7 Å². The van der Waals surface area contributed by atoms with E-state index in [1.165, 1.54) is 6.07 Å². The van der Waals surface area contributed by atoms with E-state index in [0.29, 0.717) is 18.9 Å². The van der Waals surface area contributed by atoms with Crippen molar-refractivity contribution in [3.8, 4) is 0 Å². The first kappa shape index (κ1) is 15.5. The van der Waals surface area contributed by atoms with Crippen LogP contribution in [0.1, 0.15) is 13.8 Å². The van der Waals surface area contributed by atoms with Crippen LogP contribution in [0.25, 0.3) is 0 Å². The van der Waals surface area contributed by atoms with Gasteiger partial charge < -0.3 is 5.32 Å². The van der Waals surface area contributed by atoms with Crippen molar-refractivity contribution in [1.29, 1.82) is 0 Å². The van der Waals surface area contributed by atoms with Gasteiger partial charge in [-0.15, -0.1) is 0 Å². The molecule has 0 saturated heterocycles. The smallest absolute Gasteiger partial charge is 0.244 e. The highest BCUT2D eigenvalue weighted by molar-refractivity contribution is 7.89. The summed E-state index contributed by atoms with van der Waals surface area (Å²) in [5.74, 6) is 0.360. The van der Waals surface area contributed by atoms with E-state index in [2.05, 4.69) is 20.1 Å². The van der Waals surface area contributed by atoms with E-state index in [0.717, 1.165) is 0 Å². The first-order valence-electron chi connectivity index (χ1n) is 6.71. The van der Waals surface area contributed by atoms with Crippen molar-refractivity contribution < 1.29 is 8.42 Å². The monoisotopic (exact) mass is 309 g/mol. The quantitative estimate of drug-likeness (QED) is 0.799. The summed E-state index contributed by atoms with van der Waals surface area (Å²) in [7, 11) is -3.63. The molecule has 2 rings (SSSR count). The van der Waals surface area contributed by atoms with Crippen LogP contribution < -0.4 is 10.0 Å². The Balaban J connectivity index is 2.14. The second-order valence-corrected chi connectivity index (χ2v) is 6.31. The predicted molar refractivity (Wildman–Crippen MR) is 80.4 cm³/mol. The lowest BCUT2D eigenvalue weighted by Gasteiger charge is -2.16. The number of anilines is 1. The first-order chi connectivity index (χ1) is 10.0. The molecule has 0 radical (unpaired) electrons. The summed E-state index contributed by atoms with van der Waals surface area (Å²) in [6.45, 7) is 4.74. The Morgan fingerprint density at radius 3 is 2.81 bits per heavy atom. The van der Waals surface area contributed by atoms with Gasteiger partial charge in [-0.1, -0.05) is 0 Å². The van der Waals surface area contributed by atoms with Crippen molar-refractivity contribution in [2.45, 2.75) is 31.3 Å². The number of rotatable bonds is 7. The number of nitrogens with one attached hydrogen (secondary N) is 2. The van der Waals surface area contributed by atoms with E-state index >= 15 is 0 Å². The molecule has 2 aromatic rings. The molecule has 2 N–H and O–H groups in total. The van der Waals surface area contributed by atoms with Gasteiger partial charge in [-0.2, -0.15) is 5.10 Å². The topological polar surface area (TPSA) is 88.9 Å². The standard InChI is InChI=1S/C13H19N5O2S/c1-3-14-13-12(6-4-7-15-13)21(19,20)17-11(2)10-18-9-5-8-16-18/h4-9,11,17H,3,10H2,1-2H3,(H,14,15). The molecule has 7 nitrogen and oxygen atoms in total. The zero-order chi connectivity index (χ0) is 15.3. The summed E-state index contributed by atoms with van der Waals surface area (Å²) in [5.41, 5.74) is 0. The van der Waals surface area contributed by atoms with Crippen LogP contribution in [0.2, 0.25) is 0 Å². The summed E-state index contributed by atoms with van der Waals surface area (Å²) in [5, 5.41) is 7.02. The minimum atomic E-state index is -3.63. The maximum absolute atomic E-state index is 12.4. The molecule has 0 bridgehead atoms. The third-order valence-electron chi connectivity index (χ3n) is 2.78. The van der Waals surface area contributed by atoms with E-state index in [4.69, 9.17) is 0 Å². The number of hydrogen-bond donors (Lipinski definition) is 2. The second kappa shape index (κ2) is 6.68. The third-order valence-corrected chi connectivity index (χ3v) is 4.40. The van der Waals surface area contributed by atoms with Gasteiger partial charge >= 0.3 is 0 Å². The highest BCUT2D eigenvalue weighted by Gasteiger charge is 2.21. The lowest BCUT2D eigenvalue weighted by Crippen LogP contribution is -2.36. The molecular formula is C13H19N5O2S. The van der Waals surface area contributed by atoms with Crippen molar-refractivity contribution in [3.63, 3.8) is 0 Å². The number of sulfonamides is 1. The molecule has 0 saturated carbocycles. The largest absolute Gasteiger partial charge is 0.369 e. The average molecular weight is 309 g/mol. The number of pyridine rings is 1. The molecule has 0 aliphatic carbocycles. The van der Waals surface area contributed by atoms with Gasteiger partial charge in [-0.05, 0) is 32.0 Å². The van der Waals surface area contributed by atoms with Crippen LogP contribution in [0.5, 0.6) is 0 Å². The summed E-state index contributed by atoms with van der Waals surface area (Å²) in [6.07, 6.45) is 5.01. The molecule has 0 aliphatic rings. The van der Waals surface area contributed by atoms with Crippen LogP contribution in [-0.2, 0) is 16.6 Å². The maximum atomic E-state index is 12.4. The zero-order valence-electron chi connectivity index (χ0n) is 12.0. The molecule has 2 aromatic heterocycles. The van der Waals surface area contributed by atoms with Crippen molar-refractivity contribution in [3.05, 3.63) is 36.8 Å². The summed E-state index contributed by atoms with van der Waals surface area (Å²) >= 11 is 0. The number of nitrogens with zero attached hydrogens (tertiary/aromatic N) is 3. The molecule has 2 heterocycles. The molecule has 0 aromatic carbocycles. The highest BCUT2D eigenvalue weighted by atomic mass is 32.2. The van der Waals surface area contributed by atoms with Crippen molar-refractivity contribution in [2.24, 2.45) is 0 Å². The van der Waals surface area contributed by atoms with Gasteiger partial charge in [-0.25, -0.2) is 18.1 Å². The third kappa shape index (κ3) is 4.02. The van der Waals surface area contributed by atoms with Gasteiger partial charge in [-0.3, -0.25) is 4.68 Å². The Morgan fingerprint density at radius 2 is 2.14 bits per heavy atom. The van der Waals surface area contributed by atoms with Gasteiger partial charge in [0.25, 0.3) is 0 Å². The van der Waals surface area contributed by atoms with Crippen LogP contribution in [0.3, 0.4) is 0 Å². The van der Waals surface area contributed by atoms with Crippen LogP contribution in [0.4, 0.5) is 5.82 Å². The Hall–Kier alpha value is -1.93. The molecule has 1 unspecified atom stereocenters. The van der Waals surface area contributed by atoms with E-state index in [1.807, 2.05) is 6.92 Å². The molecule has 21 heavy (non-hydrogen) atoms. The lowest BCUT2D eigenvalue weighted by atomic mass is 10.4. The molecule has 0 amide bonds. The van der Waals surface area contributed by atoms with Gasteiger partial charge in [0, 0.05) is 31.2 Å². The highest BCUT2D eigenvalue weighted by Crippen LogP contribution is 2.18. The second-order valence-electron chi connectivity index (χ2n) is 4.63. The lowest BCUT2D eigenvalue weighted by molar-refractivity contribution is 0.494. The summed E-state index contributed by atoms with van der Waals surface area (Å²) in [4.78, 5) is 4.22. The zero-order valence-corrected chi connectivity index (χ0v) is 12.8. The summed E-state index contributed by atoms with van der Waals surface area (Å²) < 4.78 is 29.2. The van der Waals surface area contributed by atoms with Gasteiger partial charge in [0.05, 0.1) is 6.54 Å². The van der Waals surface area contributed by atoms with Crippen LogP contribution in [-0.4, -0.2) is 35.8 Å². The Morgan fingerprint density at radius 1 is 1.33 bits per heavy atom. The van der Waals surface area contributed by atoms with E-state index < -0.39 is 10.0 Å². The first-order valence-corrected chi connectivity index (χ1v) is 8.20. The van der Waals surface area contributed by atoms with Gasteiger partial charge in [0.2, 0.25) is 10.0 Å².